The molecule has 1 rings (SSSR count). The monoisotopic (exact) mass is 320 g/mol. The molecule has 0 saturated carbocycles. The molecule has 0 bridgehead atoms. The van der Waals surface area contributed by atoms with Gasteiger partial charge in [-0.25, -0.2) is 4.39 Å². The Kier molecular flexibility index (Phi) is 5.93. The van der Waals surface area contributed by atoms with Gasteiger partial charge in [-0.05, 0) is 30.5 Å². The maximum absolute atomic E-state index is 13.3. The van der Waals surface area contributed by atoms with E-state index in [0.29, 0.717) is 18.6 Å². The van der Waals surface area contributed by atoms with E-state index in [-0.39, 0.29) is 24.1 Å². The topological polar surface area (TPSA) is 46.3 Å². The predicted octanol–water partition coefficient (Wildman–Crippen LogP) is 3.29. The zero-order chi connectivity index (χ0) is 17.1. The van der Waals surface area contributed by atoms with E-state index >= 15 is 0 Å². The zero-order valence-corrected chi connectivity index (χ0v) is 12.7. The van der Waals surface area contributed by atoms with Gasteiger partial charge >= 0.3 is 6.18 Å². The van der Waals surface area contributed by atoms with Gasteiger partial charge in [0.15, 0.2) is 0 Å². The molecule has 0 aliphatic heterocycles. The van der Waals surface area contributed by atoms with Gasteiger partial charge in [-0.2, -0.15) is 13.2 Å². The van der Waals surface area contributed by atoms with Gasteiger partial charge in [0.2, 0.25) is 0 Å². The van der Waals surface area contributed by atoms with Crippen LogP contribution in [0.25, 0.3) is 0 Å². The van der Waals surface area contributed by atoms with Crippen LogP contribution in [-0.2, 0) is 6.18 Å². The molecule has 2 N–H and O–H groups in total. The van der Waals surface area contributed by atoms with E-state index in [2.05, 4.69) is 0 Å². The maximum Gasteiger partial charge on any atom is 0.416 e. The molecule has 1 unspecified atom stereocenters. The van der Waals surface area contributed by atoms with Crippen molar-refractivity contribution in [2.24, 2.45) is 11.7 Å². The van der Waals surface area contributed by atoms with Gasteiger partial charge in [-0.3, -0.25) is 4.79 Å². The molecule has 0 aliphatic carbocycles. The van der Waals surface area contributed by atoms with Crippen LogP contribution in [0, 0.1) is 11.7 Å². The van der Waals surface area contributed by atoms with E-state index in [1.807, 2.05) is 13.8 Å². The summed E-state index contributed by atoms with van der Waals surface area (Å²) in [6.45, 7) is 4.17. The third-order valence-electron chi connectivity index (χ3n) is 3.47. The summed E-state index contributed by atoms with van der Waals surface area (Å²) in [5.74, 6) is -1.53. The van der Waals surface area contributed by atoms with Gasteiger partial charge in [0.25, 0.3) is 5.91 Å². The molecule has 1 amide bonds. The van der Waals surface area contributed by atoms with Crippen molar-refractivity contribution in [1.29, 1.82) is 0 Å². The normalized spacial score (nSPS) is 13.3. The van der Waals surface area contributed by atoms with E-state index in [9.17, 15) is 22.4 Å². The standard InChI is InChI=1S/C15H20F4N2O/c1-9(2)13(20)4-5-21(3)14(22)10-6-11(15(17,18)19)8-12(16)7-10/h6-9,13H,4-5,20H2,1-3H3. The van der Waals surface area contributed by atoms with Crippen molar-refractivity contribution >= 4 is 5.91 Å². The van der Waals surface area contributed by atoms with Gasteiger partial charge in [-0.15, -0.1) is 0 Å². The number of rotatable bonds is 5. The molecule has 22 heavy (non-hydrogen) atoms. The van der Waals surface area contributed by atoms with Gasteiger partial charge in [0.05, 0.1) is 5.56 Å². The fourth-order valence-corrected chi connectivity index (χ4v) is 1.87. The summed E-state index contributed by atoms with van der Waals surface area (Å²) in [5.41, 5.74) is 4.36. The Hall–Kier alpha value is -1.63. The van der Waals surface area contributed by atoms with Crippen LogP contribution in [0.2, 0.25) is 0 Å². The number of hydrogen-bond acceptors (Lipinski definition) is 2. The average molecular weight is 320 g/mol. The summed E-state index contributed by atoms with van der Waals surface area (Å²) < 4.78 is 51.3. The van der Waals surface area contributed by atoms with Crippen molar-refractivity contribution in [2.45, 2.75) is 32.5 Å². The number of carbonyl (C=O) groups excluding carboxylic acids is 1. The molecule has 0 aliphatic rings. The number of halogens is 4. The minimum absolute atomic E-state index is 0.117. The van der Waals surface area contributed by atoms with Crippen molar-refractivity contribution in [3.05, 3.63) is 35.1 Å². The fourth-order valence-electron chi connectivity index (χ4n) is 1.87. The first-order valence-electron chi connectivity index (χ1n) is 6.91. The Morgan fingerprint density at radius 3 is 2.36 bits per heavy atom. The molecule has 0 radical (unpaired) electrons. The van der Waals surface area contributed by atoms with Gasteiger partial charge < -0.3 is 10.6 Å². The second-order valence-electron chi connectivity index (χ2n) is 5.65. The zero-order valence-electron chi connectivity index (χ0n) is 12.7. The van der Waals surface area contributed by atoms with Crippen molar-refractivity contribution in [1.82, 2.24) is 4.90 Å². The van der Waals surface area contributed by atoms with Gasteiger partial charge in [0.1, 0.15) is 5.82 Å². The molecule has 0 saturated heterocycles. The fraction of sp³-hybridized carbons (Fsp3) is 0.533. The molecule has 1 aromatic rings. The number of nitrogens with zero attached hydrogens (tertiary/aromatic N) is 1. The van der Waals surface area contributed by atoms with Crippen LogP contribution >= 0.6 is 0 Å². The minimum atomic E-state index is -4.70. The third kappa shape index (κ3) is 4.98. The molecule has 124 valence electrons. The first-order chi connectivity index (χ1) is 10.0. The number of benzene rings is 1. The van der Waals surface area contributed by atoms with Crippen LogP contribution in [0.4, 0.5) is 17.6 Å². The Morgan fingerprint density at radius 1 is 1.27 bits per heavy atom. The lowest BCUT2D eigenvalue weighted by Gasteiger charge is -2.22. The summed E-state index contributed by atoms with van der Waals surface area (Å²) in [4.78, 5) is 13.4. The second kappa shape index (κ2) is 7.09. The molecule has 7 heteroatoms. The maximum atomic E-state index is 13.3. The highest BCUT2D eigenvalue weighted by Gasteiger charge is 2.32. The van der Waals surface area contributed by atoms with E-state index in [1.165, 1.54) is 11.9 Å². The summed E-state index contributed by atoms with van der Waals surface area (Å²) >= 11 is 0. The van der Waals surface area contributed by atoms with E-state index < -0.39 is 23.5 Å². The summed E-state index contributed by atoms with van der Waals surface area (Å²) in [6.07, 6.45) is -4.18. The van der Waals surface area contributed by atoms with E-state index in [4.69, 9.17) is 5.73 Å². The van der Waals surface area contributed by atoms with Crippen molar-refractivity contribution < 1.29 is 22.4 Å². The number of alkyl halides is 3. The third-order valence-corrected chi connectivity index (χ3v) is 3.47. The smallest absolute Gasteiger partial charge is 0.342 e. The van der Waals surface area contributed by atoms with Crippen LogP contribution in [-0.4, -0.2) is 30.4 Å². The molecule has 0 spiro atoms. The first-order valence-corrected chi connectivity index (χ1v) is 6.91. The number of hydrogen-bond donors (Lipinski definition) is 1. The van der Waals surface area contributed by atoms with E-state index in [1.54, 1.807) is 0 Å². The Balaban J connectivity index is 2.87. The molecule has 0 heterocycles. The molecule has 0 fully saturated rings. The summed E-state index contributed by atoms with van der Waals surface area (Å²) in [7, 11) is 1.45. The molecule has 1 aromatic carbocycles. The largest absolute Gasteiger partial charge is 0.416 e. The molecule has 0 aromatic heterocycles. The first kappa shape index (κ1) is 18.4. The van der Waals surface area contributed by atoms with Crippen molar-refractivity contribution in [3.8, 4) is 0 Å². The highest BCUT2D eigenvalue weighted by atomic mass is 19.4. The van der Waals surface area contributed by atoms with Crippen LogP contribution < -0.4 is 5.73 Å². The number of nitrogens with two attached hydrogens (primary N) is 1. The Morgan fingerprint density at radius 2 is 1.86 bits per heavy atom. The average Bonchev–Trinajstić information content (AvgIpc) is 2.41. The van der Waals surface area contributed by atoms with E-state index in [0.717, 1.165) is 6.07 Å². The molecular weight excluding hydrogens is 300 g/mol. The predicted molar refractivity (Wildman–Crippen MR) is 75.8 cm³/mol. The van der Waals surface area contributed by atoms with Gasteiger partial charge in [-0.1, -0.05) is 13.8 Å². The molecule has 3 nitrogen and oxygen atoms in total. The van der Waals surface area contributed by atoms with Crippen LogP contribution in [0.15, 0.2) is 18.2 Å². The number of carbonyl (C=O) groups is 1. The lowest BCUT2D eigenvalue weighted by Crippen LogP contribution is -2.34. The van der Waals surface area contributed by atoms with Crippen molar-refractivity contribution in [3.63, 3.8) is 0 Å². The lowest BCUT2D eigenvalue weighted by molar-refractivity contribution is -0.137. The van der Waals surface area contributed by atoms with Crippen LogP contribution in [0.5, 0.6) is 0 Å². The minimum Gasteiger partial charge on any atom is -0.342 e. The van der Waals surface area contributed by atoms with Crippen molar-refractivity contribution in [2.75, 3.05) is 13.6 Å². The molecular formula is C15H20F4N2O. The highest BCUT2D eigenvalue weighted by molar-refractivity contribution is 5.94. The lowest BCUT2D eigenvalue weighted by atomic mass is 10.0. The summed E-state index contributed by atoms with van der Waals surface area (Å²) in [6, 6.07) is 1.71. The Labute approximate surface area is 127 Å². The SMILES string of the molecule is CC(C)C(N)CCN(C)C(=O)c1cc(F)cc(C(F)(F)F)c1. The molecule has 1 atom stereocenters. The number of amides is 1. The van der Waals surface area contributed by atoms with Gasteiger partial charge in [0, 0.05) is 25.2 Å². The van der Waals surface area contributed by atoms with Crippen LogP contribution in [0.1, 0.15) is 36.2 Å². The quantitative estimate of drug-likeness (QED) is 0.846. The summed E-state index contributed by atoms with van der Waals surface area (Å²) in [5, 5.41) is 0. The van der Waals surface area contributed by atoms with Crippen LogP contribution in [0.3, 0.4) is 0 Å². The highest BCUT2D eigenvalue weighted by Crippen LogP contribution is 2.30. The Bertz CT molecular complexity index is 529. The second-order valence-corrected chi connectivity index (χ2v) is 5.65.